The van der Waals surface area contributed by atoms with Gasteiger partial charge in [0.25, 0.3) is 5.91 Å². The molecular weight excluding hydrogens is 310 g/mol. The van der Waals surface area contributed by atoms with E-state index in [9.17, 15) is 9.59 Å². The van der Waals surface area contributed by atoms with Crippen LogP contribution in [-0.4, -0.2) is 47.2 Å². The molecule has 1 saturated heterocycles. The number of aliphatic carboxylic acids is 1. The third kappa shape index (κ3) is 3.47. The van der Waals surface area contributed by atoms with Gasteiger partial charge in [-0.25, -0.2) is 0 Å². The Labute approximate surface area is 141 Å². The van der Waals surface area contributed by atoms with Gasteiger partial charge in [0.1, 0.15) is 5.60 Å². The summed E-state index contributed by atoms with van der Waals surface area (Å²) in [5.41, 5.74) is 0.807. The lowest BCUT2D eigenvalue weighted by Gasteiger charge is -2.30. The molecule has 2 aliphatic rings. The molecule has 1 fully saturated rings. The number of carbonyl (C=O) groups is 2. The molecule has 1 N–H and O–H groups in total. The Kier molecular flexibility index (Phi) is 4.39. The van der Waals surface area contributed by atoms with Gasteiger partial charge in [-0.15, -0.1) is 0 Å². The number of carboxylic acid groups (broad SMARTS) is 1. The summed E-state index contributed by atoms with van der Waals surface area (Å²) in [5.74, 6) is -0.232. The van der Waals surface area contributed by atoms with Crippen molar-refractivity contribution in [1.82, 2.24) is 4.90 Å². The molecule has 6 heteroatoms. The van der Waals surface area contributed by atoms with Gasteiger partial charge >= 0.3 is 5.97 Å². The predicted molar refractivity (Wildman–Crippen MR) is 87.3 cm³/mol. The lowest BCUT2D eigenvalue weighted by Crippen LogP contribution is -2.44. The fourth-order valence-electron chi connectivity index (χ4n) is 3.34. The number of nitrogens with zero attached hydrogens (tertiary/aromatic N) is 1. The summed E-state index contributed by atoms with van der Waals surface area (Å²) < 4.78 is 11.6. The first-order chi connectivity index (χ1) is 11.4. The van der Waals surface area contributed by atoms with Gasteiger partial charge in [0.15, 0.2) is 18.1 Å². The largest absolute Gasteiger partial charge is 0.483 e. The van der Waals surface area contributed by atoms with E-state index in [1.165, 1.54) is 0 Å². The van der Waals surface area contributed by atoms with E-state index in [-0.39, 0.29) is 24.7 Å². The molecule has 3 rings (SSSR count). The second-order valence-corrected chi connectivity index (χ2v) is 7.09. The fourth-order valence-corrected chi connectivity index (χ4v) is 3.34. The van der Waals surface area contributed by atoms with Gasteiger partial charge in [-0.1, -0.05) is 12.1 Å². The molecule has 1 amide bonds. The molecule has 0 bridgehead atoms. The summed E-state index contributed by atoms with van der Waals surface area (Å²) >= 11 is 0. The van der Waals surface area contributed by atoms with Crippen LogP contribution < -0.4 is 9.47 Å². The van der Waals surface area contributed by atoms with Gasteiger partial charge < -0.3 is 19.5 Å². The molecule has 0 aromatic heterocycles. The molecule has 0 saturated carbocycles. The van der Waals surface area contributed by atoms with Crippen molar-refractivity contribution >= 4 is 11.9 Å². The molecule has 1 unspecified atom stereocenters. The number of hydrogen-bond donors (Lipinski definition) is 1. The van der Waals surface area contributed by atoms with Crippen LogP contribution in [0.5, 0.6) is 11.5 Å². The van der Waals surface area contributed by atoms with Crippen molar-refractivity contribution in [2.24, 2.45) is 5.92 Å². The fraction of sp³-hybridized carbons (Fsp3) is 0.556. The molecule has 0 spiro atoms. The van der Waals surface area contributed by atoms with Gasteiger partial charge in [0, 0.05) is 25.1 Å². The second-order valence-electron chi connectivity index (χ2n) is 7.09. The Bertz CT molecular complexity index is 655. The lowest BCUT2D eigenvalue weighted by molar-refractivity contribution is -0.146. The van der Waals surface area contributed by atoms with Crippen molar-refractivity contribution in [1.29, 1.82) is 0 Å². The number of carbonyl (C=O) groups excluding carboxylic acids is 1. The Morgan fingerprint density at radius 1 is 1.42 bits per heavy atom. The van der Waals surface area contributed by atoms with E-state index in [0.717, 1.165) is 12.0 Å². The zero-order valence-corrected chi connectivity index (χ0v) is 14.1. The predicted octanol–water partition coefficient (Wildman–Crippen LogP) is 2.10. The molecule has 24 heavy (non-hydrogen) atoms. The molecule has 2 aliphatic heterocycles. The molecule has 2 heterocycles. The summed E-state index contributed by atoms with van der Waals surface area (Å²) in [4.78, 5) is 25.0. The molecule has 130 valence electrons. The average molecular weight is 333 g/mol. The highest BCUT2D eigenvalue weighted by Crippen LogP contribution is 2.41. The molecule has 6 nitrogen and oxygen atoms in total. The summed E-state index contributed by atoms with van der Waals surface area (Å²) in [6.07, 6.45) is 2.13. The topological polar surface area (TPSA) is 76.1 Å². The number of rotatable bonds is 4. The molecule has 0 aliphatic carbocycles. The Balaban J connectivity index is 1.62. The zero-order chi connectivity index (χ0) is 17.3. The third-order valence-electron chi connectivity index (χ3n) is 4.53. The first-order valence-electron chi connectivity index (χ1n) is 8.30. The van der Waals surface area contributed by atoms with Crippen LogP contribution in [0.2, 0.25) is 0 Å². The Morgan fingerprint density at radius 2 is 2.21 bits per heavy atom. The molecule has 1 atom stereocenters. The number of para-hydroxylation sites is 1. The zero-order valence-electron chi connectivity index (χ0n) is 14.1. The minimum atomic E-state index is -0.843. The van der Waals surface area contributed by atoms with Crippen LogP contribution in [-0.2, 0) is 16.0 Å². The van der Waals surface area contributed by atoms with E-state index in [0.29, 0.717) is 30.9 Å². The van der Waals surface area contributed by atoms with Crippen LogP contribution >= 0.6 is 0 Å². The molecule has 0 radical (unpaired) electrons. The number of likely N-dealkylation sites (tertiary alicyclic amines) is 1. The van der Waals surface area contributed by atoms with Crippen LogP contribution in [0.15, 0.2) is 18.2 Å². The van der Waals surface area contributed by atoms with Crippen LogP contribution in [0.25, 0.3) is 0 Å². The second kappa shape index (κ2) is 6.34. The molecular formula is C18H23NO5. The molecule has 1 aromatic carbocycles. The quantitative estimate of drug-likeness (QED) is 0.913. The average Bonchev–Trinajstić information content (AvgIpc) is 2.87. The van der Waals surface area contributed by atoms with Crippen molar-refractivity contribution < 1.29 is 24.2 Å². The number of fused-ring (bicyclic) bond motifs is 1. The maximum atomic E-state index is 12.3. The SMILES string of the molecule is CC1(C)Cc2cccc(OCC(=O)N3CCCC(C(=O)O)C3)c2O1. The van der Waals surface area contributed by atoms with Crippen LogP contribution in [0.1, 0.15) is 32.3 Å². The maximum absolute atomic E-state index is 12.3. The summed E-state index contributed by atoms with van der Waals surface area (Å²) in [6.45, 7) is 4.77. The summed E-state index contributed by atoms with van der Waals surface area (Å²) in [6, 6.07) is 5.69. The van der Waals surface area contributed by atoms with Crippen molar-refractivity contribution in [3.63, 3.8) is 0 Å². The van der Waals surface area contributed by atoms with E-state index >= 15 is 0 Å². The third-order valence-corrected chi connectivity index (χ3v) is 4.53. The Morgan fingerprint density at radius 3 is 2.96 bits per heavy atom. The number of piperidine rings is 1. The van der Waals surface area contributed by atoms with Gasteiger partial charge in [0.2, 0.25) is 0 Å². The molecule has 1 aromatic rings. The maximum Gasteiger partial charge on any atom is 0.308 e. The highest BCUT2D eigenvalue weighted by Gasteiger charge is 2.33. The standard InChI is InChI=1S/C18H23NO5/c1-18(2)9-12-5-3-7-14(16(12)24-18)23-11-15(20)19-8-4-6-13(10-19)17(21)22/h3,5,7,13H,4,6,8-11H2,1-2H3,(H,21,22). The summed E-state index contributed by atoms with van der Waals surface area (Å²) in [5, 5.41) is 9.11. The van der Waals surface area contributed by atoms with E-state index in [1.807, 2.05) is 26.0 Å². The van der Waals surface area contributed by atoms with Crippen molar-refractivity contribution in [2.45, 2.75) is 38.7 Å². The highest BCUT2D eigenvalue weighted by atomic mass is 16.5. The van der Waals surface area contributed by atoms with Gasteiger partial charge in [-0.3, -0.25) is 9.59 Å². The van der Waals surface area contributed by atoms with Crippen LogP contribution in [0.3, 0.4) is 0 Å². The van der Waals surface area contributed by atoms with Gasteiger partial charge in [0.05, 0.1) is 5.92 Å². The summed E-state index contributed by atoms with van der Waals surface area (Å²) in [7, 11) is 0. The van der Waals surface area contributed by atoms with E-state index in [2.05, 4.69) is 0 Å². The number of ether oxygens (including phenoxy) is 2. The number of hydrogen-bond acceptors (Lipinski definition) is 4. The van der Waals surface area contributed by atoms with Gasteiger partial charge in [-0.2, -0.15) is 0 Å². The minimum Gasteiger partial charge on any atom is -0.483 e. The monoisotopic (exact) mass is 333 g/mol. The van der Waals surface area contributed by atoms with Crippen LogP contribution in [0.4, 0.5) is 0 Å². The van der Waals surface area contributed by atoms with Crippen molar-refractivity contribution in [2.75, 3.05) is 19.7 Å². The first kappa shape index (κ1) is 16.6. The first-order valence-corrected chi connectivity index (χ1v) is 8.30. The van der Waals surface area contributed by atoms with Crippen molar-refractivity contribution in [3.05, 3.63) is 23.8 Å². The van der Waals surface area contributed by atoms with E-state index in [4.69, 9.17) is 14.6 Å². The normalized spacial score (nSPS) is 21.8. The van der Waals surface area contributed by atoms with Crippen molar-refractivity contribution in [3.8, 4) is 11.5 Å². The number of carboxylic acids is 1. The van der Waals surface area contributed by atoms with Crippen LogP contribution in [0, 0.1) is 5.92 Å². The Hall–Kier alpha value is -2.24. The number of benzene rings is 1. The minimum absolute atomic E-state index is 0.105. The smallest absolute Gasteiger partial charge is 0.308 e. The van der Waals surface area contributed by atoms with E-state index < -0.39 is 11.9 Å². The highest BCUT2D eigenvalue weighted by molar-refractivity contribution is 5.79. The van der Waals surface area contributed by atoms with E-state index in [1.54, 1.807) is 11.0 Å². The number of amides is 1. The lowest BCUT2D eigenvalue weighted by atomic mass is 9.98. The van der Waals surface area contributed by atoms with Gasteiger partial charge in [-0.05, 0) is 32.8 Å².